The summed E-state index contributed by atoms with van der Waals surface area (Å²) in [7, 11) is 0. The van der Waals surface area contributed by atoms with Crippen molar-refractivity contribution in [2.24, 2.45) is 5.84 Å². The highest BCUT2D eigenvalue weighted by Crippen LogP contribution is 2.27. The van der Waals surface area contributed by atoms with Crippen LogP contribution in [-0.4, -0.2) is 14.5 Å². The van der Waals surface area contributed by atoms with Gasteiger partial charge in [0, 0.05) is 12.1 Å². The Balaban J connectivity index is 2.18. The maximum atomic E-state index is 12.4. The molecule has 0 saturated carbocycles. The van der Waals surface area contributed by atoms with E-state index in [0.29, 0.717) is 28.6 Å². The SMILES string of the molecule is CCn1c(-c2ccccc2Cl)nc(N(N)c2ccccc2)nc1=O. The van der Waals surface area contributed by atoms with E-state index >= 15 is 0 Å². The predicted octanol–water partition coefficient (Wildman–Crippen LogP) is 2.99. The fraction of sp³-hybridized carbons (Fsp3) is 0.118. The van der Waals surface area contributed by atoms with E-state index in [1.807, 2.05) is 55.5 Å². The number of nitrogens with zero attached hydrogens (tertiary/aromatic N) is 4. The van der Waals surface area contributed by atoms with E-state index in [0.717, 1.165) is 0 Å². The van der Waals surface area contributed by atoms with Gasteiger partial charge in [-0.3, -0.25) is 4.57 Å². The molecule has 0 aliphatic heterocycles. The third kappa shape index (κ3) is 3.02. The Labute approximate surface area is 144 Å². The normalized spacial score (nSPS) is 10.6. The quantitative estimate of drug-likeness (QED) is 0.583. The fourth-order valence-electron chi connectivity index (χ4n) is 2.36. The molecule has 0 unspecified atom stereocenters. The molecule has 0 amide bonds. The van der Waals surface area contributed by atoms with Crippen molar-refractivity contribution in [1.82, 2.24) is 14.5 Å². The number of hydrazine groups is 1. The highest BCUT2D eigenvalue weighted by molar-refractivity contribution is 6.33. The van der Waals surface area contributed by atoms with E-state index in [2.05, 4.69) is 9.97 Å². The van der Waals surface area contributed by atoms with Crippen molar-refractivity contribution in [2.45, 2.75) is 13.5 Å². The summed E-state index contributed by atoms with van der Waals surface area (Å²) < 4.78 is 1.46. The number of benzene rings is 2. The van der Waals surface area contributed by atoms with Gasteiger partial charge in [-0.2, -0.15) is 9.97 Å². The summed E-state index contributed by atoms with van der Waals surface area (Å²) in [6.45, 7) is 2.28. The lowest BCUT2D eigenvalue weighted by molar-refractivity contribution is 0.682. The topological polar surface area (TPSA) is 77.0 Å². The van der Waals surface area contributed by atoms with Gasteiger partial charge < -0.3 is 0 Å². The van der Waals surface area contributed by atoms with Crippen LogP contribution in [0.25, 0.3) is 11.4 Å². The number of nitrogens with two attached hydrogens (primary N) is 1. The molecule has 0 atom stereocenters. The first kappa shape index (κ1) is 16.2. The van der Waals surface area contributed by atoms with Crippen LogP contribution in [0.3, 0.4) is 0 Å². The molecule has 0 spiro atoms. The monoisotopic (exact) mass is 341 g/mol. The Morgan fingerprint density at radius 3 is 2.42 bits per heavy atom. The van der Waals surface area contributed by atoms with E-state index in [-0.39, 0.29) is 5.95 Å². The molecule has 0 bridgehead atoms. The molecule has 122 valence electrons. The molecule has 0 aliphatic rings. The van der Waals surface area contributed by atoms with E-state index < -0.39 is 5.69 Å². The molecule has 0 fully saturated rings. The molecule has 7 heteroatoms. The highest BCUT2D eigenvalue weighted by Gasteiger charge is 2.16. The summed E-state index contributed by atoms with van der Waals surface area (Å²) in [5, 5.41) is 1.79. The van der Waals surface area contributed by atoms with Crippen LogP contribution in [0, 0.1) is 0 Å². The smallest absolute Gasteiger partial charge is 0.276 e. The number of anilines is 2. The van der Waals surface area contributed by atoms with Crippen LogP contribution in [0.4, 0.5) is 11.6 Å². The molecule has 2 aromatic carbocycles. The summed E-state index contributed by atoms with van der Waals surface area (Å²) in [4.78, 5) is 20.9. The van der Waals surface area contributed by atoms with Crippen LogP contribution in [0.2, 0.25) is 5.02 Å². The molecule has 3 aromatic rings. The van der Waals surface area contributed by atoms with E-state index in [1.54, 1.807) is 6.07 Å². The van der Waals surface area contributed by atoms with Gasteiger partial charge in [-0.15, -0.1) is 0 Å². The van der Waals surface area contributed by atoms with Gasteiger partial charge in [0.25, 0.3) is 5.95 Å². The average molecular weight is 342 g/mol. The molecular weight excluding hydrogens is 326 g/mol. The molecule has 2 N–H and O–H groups in total. The van der Waals surface area contributed by atoms with Crippen molar-refractivity contribution >= 4 is 23.2 Å². The second-order valence-corrected chi connectivity index (χ2v) is 5.47. The Kier molecular flexibility index (Phi) is 4.59. The maximum Gasteiger partial charge on any atom is 0.352 e. The van der Waals surface area contributed by atoms with Crippen LogP contribution in [0.5, 0.6) is 0 Å². The number of rotatable bonds is 4. The van der Waals surface area contributed by atoms with Crippen LogP contribution >= 0.6 is 11.6 Å². The first-order chi connectivity index (χ1) is 11.6. The zero-order chi connectivity index (χ0) is 17.1. The summed E-state index contributed by atoms with van der Waals surface area (Å²) in [5.41, 5.74) is 0.906. The number of hydrogen-bond acceptors (Lipinski definition) is 5. The summed E-state index contributed by atoms with van der Waals surface area (Å²) in [6, 6.07) is 16.4. The Morgan fingerprint density at radius 1 is 1.08 bits per heavy atom. The van der Waals surface area contributed by atoms with E-state index in [9.17, 15) is 4.79 Å². The molecule has 0 saturated heterocycles. The van der Waals surface area contributed by atoms with Crippen molar-refractivity contribution in [3.05, 3.63) is 70.1 Å². The van der Waals surface area contributed by atoms with Gasteiger partial charge in [-0.05, 0) is 31.2 Å². The van der Waals surface area contributed by atoms with Gasteiger partial charge in [-0.25, -0.2) is 15.6 Å². The second-order valence-electron chi connectivity index (χ2n) is 5.06. The minimum atomic E-state index is -0.427. The van der Waals surface area contributed by atoms with E-state index in [1.165, 1.54) is 9.58 Å². The van der Waals surface area contributed by atoms with Crippen molar-refractivity contribution in [3.63, 3.8) is 0 Å². The van der Waals surface area contributed by atoms with Gasteiger partial charge in [0.15, 0.2) is 0 Å². The lowest BCUT2D eigenvalue weighted by atomic mass is 10.2. The standard InChI is InChI=1S/C17H16ClN5O/c1-2-22-15(13-10-6-7-11-14(13)18)20-16(21-17(22)24)23(19)12-8-4-3-5-9-12/h3-11H,2,19H2,1H3. The van der Waals surface area contributed by atoms with Crippen LogP contribution in [0.15, 0.2) is 59.4 Å². The first-order valence-electron chi connectivity index (χ1n) is 7.45. The van der Waals surface area contributed by atoms with Crippen molar-refractivity contribution < 1.29 is 0 Å². The van der Waals surface area contributed by atoms with E-state index in [4.69, 9.17) is 17.4 Å². The summed E-state index contributed by atoms with van der Waals surface area (Å²) in [6.07, 6.45) is 0. The van der Waals surface area contributed by atoms with Gasteiger partial charge in [0.2, 0.25) is 0 Å². The number of halogens is 1. The van der Waals surface area contributed by atoms with Crippen LogP contribution in [-0.2, 0) is 6.54 Å². The lowest BCUT2D eigenvalue weighted by Crippen LogP contribution is -2.33. The zero-order valence-electron chi connectivity index (χ0n) is 13.1. The fourth-order valence-corrected chi connectivity index (χ4v) is 2.58. The van der Waals surface area contributed by atoms with Crippen LogP contribution in [0.1, 0.15) is 6.92 Å². The van der Waals surface area contributed by atoms with Gasteiger partial charge in [0.1, 0.15) is 5.82 Å². The Bertz CT molecular complexity index is 910. The highest BCUT2D eigenvalue weighted by atomic mass is 35.5. The third-order valence-corrected chi connectivity index (χ3v) is 3.90. The van der Waals surface area contributed by atoms with Crippen molar-refractivity contribution in [1.29, 1.82) is 0 Å². The second kappa shape index (κ2) is 6.82. The molecular formula is C17H16ClN5O. The Hall–Kier alpha value is -2.70. The molecule has 3 rings (SSSR count). The van der Waals surface area contributed by atoms with Gasteiger partial charge in [0.05, 0.1) is 10.7 Å². The first-order valence-corrected chi connectivity index (χ1v) is 7.83. The minimum Gasteiger partial charge on any atom is -0.276 e. The minimum absolute atomic E-state index is 0.116. The molecule has 1 aromatic heterocycles. The van der Waals surface area contributed by atoms with Crippen LogP contribution < -0.4 is 16.5 Å². The Morgan fingerprint density at radius 2 is 1.75 bits per heavy atom. The average Bonchev–Trinajstić information content (AvgIpc) is 2.61. The van der Waals surface area contributed by atoms with Crippen molar-refractivity contribution in [2.75, 3.05) is 5.01 Å². The molecule has 0 radical (unpaired) electrons. The molecule has 6 nitrogen and oxygen atoms in total. The number of hydrogen-bond donors (Lipinski definition) is 1. The predicted molar refractivity (Wildman–Crippen MR) is 95.2 cm³/mol. The molecule has 1 heterocycles. The third-order valence-electron chi connectivity index (χ3n) is 3.57. The molecule has 24 heavy (non-hydrogen) atoms. The maximum absolute atomic E-state index is 12.4. The largest absolute Gasteiger partial charge is 0.352 e. The zero-order valence-corrected chi connectivity index (χ0v) is 13.8. The number of aromatic nitrogens is 3. The molecule has 0 aliphatic carbocycles. The van der Waals surface area contributed by atoms with Crippen molar-refractivity contribution in [3.8, 4) is 11.4 Å². The van der Waals surface area contributed by atoms with Gasteiger partial charge in [-0.1, -0.05) is 41.9 Å². The number of para-hydroxylation sites is 1. The summed E-state index contributed by atoms with van der Waals surface area (Å²) in [5.74, 6) is 6.64. The lowest BCUT2D eigenvalue weighted by Gasteiger charge is -2.18. The van der Waals surface area contributed by atoms with Gasteiger partial charge >= 0.3 is 5.69 Å². The summed E-state index contributed by atoms with van der Waals surface area (Å²) >= 11 is 6.27.